The monoisotopic (exact) mass is 394 g/mol. The van der Waals surface area contributed by atoms with E-state index in [4.69, 9.17) is 4.42 Å². The van der Waals surface area contributed by atoms with Gasteiger partial charge in [-0.2, -0.15) is 0 Å². The van der Waals surface area contributed by atoms with Gasteiger partial charge in [0, 0.05) is 24.7 Å². The Morgan fingerprint density at radius 3 is 2.45 bits per heavy atom. The van der Waals surface area contributed by atoms with Crippen LogP contribution in [0.1, 0.15) is 47.7 Å². The number of nitrogens with one attached hydrogen (secondary N) is 1. The molecule has 3 rings (SSSR count). The lowest BCUT2D eigenvalue weighted by molar-refractivity contribution is 0.0906. The SMILES string of the molecule is CC[C@H](C)NC(=O)c1ccc(CN(Cc2ccccc2)Cc2ccccc2F)o1. The van der Waals surface area contributed by atoms with Gasteiger partial charge in [0.1, 0.15) is 11.6 Å². The van der Waals surface area contributed by atoms with E-state index in [0.717, 1.165) is 12.0 Å². The van der Waals surface area contributed by atoms with E-state index in [1.165, 1.54) is 6.07 Å². The van der Waals surface area contributed by atoms with Crippen molar-refractivity contribution >= 4 is 5.91 Å². The number of rotatable bonds is 9. The lowest BCUT2D eigenvalue weighted by Gasteiger charge is -2.22. The molecule has 3 aromatic rings. The minimum atomic E-state index is -0.223. The fourth-order valence-electron chi connectivity index (χ4n) is 3.08. The predicted octanol–water partition coefficient (Wildman–Crippen LogP) is 5.15. The smallest absolute Gasteiger partial charge is 0.287 e. The van der Waals surface area contributed by atoms with E-state index < -0.39 is 0 Å². The number of hydrogen-bond donors (Lipinski definition) is 1. The lowest BCUT2D eigenvalue weighted by atomic mass is 10.1. The molecule has 0 aliphatic carbocycles. The molecule has 0 radical (unpaired) electrons. The average molecular weight is 394 g/mol. The van der Waals surface area contributed by atoms with Crippen molar-refractivity contribution in [2.24, 2.45) is 0 Å². The predicted molar refractivity (Wildman–Crippen MR) is 112 cm³/mol. The Balaban J connectivity index is 1.74. The fourth-order valence-corrected chi connectivity index (χ4v) is 3.08. The van der Waals surface area contributed by atoms with Crippen LogP contribution in [0.15, 0.2) is 71.1 Å². The molecule has 0 saturated carbocycles. The van der Waals surface area contributed by atoms with Gasteiger partial charge in [-0.3, -0.25) is 9.69 Å². The van der Waals surface area contributed by atoms with E-state index in [2.05, 4.69) is 10.2 Å². The summed E-state index contributed by atoms with van der Waals surface area (Å²) in [6.07, 6.45) is 0.854. The molecule has 0 spiro atoms. The third-order valence-electron chi connectivity index (χ3n) is 4.86. The van der Waals surface area contributed by atoms with Crippen molar-refractivity contribution in [2.45, 2.75) is 45.9 Å². The second-order valence-corrected chi connectivity index (χ2v) is 7.27. The average Bonchev–Trinajstić information content (AvgIpc) is 3.19. The highest BCUT2D eigenvalue weighted by atomic mass is 19.1. The Morgan fingerprint density at radius 2 is 1.72 bits per heavy atom. The minimum absolute atomic E-state index is 0.0895. The van der Waals surface area contributed by atoms with E-state index >= 15 is 0 Å². The highest BCUT2D eigenvalue weighted by molar-refractivity contribution is 5.91. The molecule has 0 saturated heterocycles. The molecular weight excluding hydrogens is 367 g/mol. The van der Waals surface area contributed by atoms with Gasteiger partial charge >= 0.3 is 0 Å². The van der Waals surface area contributed by atoms with Crippen LogP contribution >= 0.6 is 0 Å². The molecule has 0 fully saturated rings. The van der Waals surface area contributed by atoms with Crippen molar-refractivity contribution in [3.63, 3.8) is 0 Å². The van der Waals surface area contributed by atoms with E-state index in [-0.39, 0.29) is 17.8 Å². The van der Waals surface area contributed by atoms with Gasteiger partial charge in [-0.15, -0.1) is 0 Å². The maximum Gasteiger partial charge on any atom is 0.287 e. The Kier molecular flexibility index (Phi) is 7.19. The van der Waals surface area contributed by atoms with Crippen molar-refractivity contribution in [2.75, 3.05) is 0 Å². The molecular formula is C24H27FN2O2. The molecule has 0 bridgehead atoms. The summed E-state index contributed by atoms with van der Waals surface area (Å²) >= 11 is 0. The van der Waals surface area contributed by atoms with Crippen LogP contribution < -0.4 is 5.32 Å². The van der Waals surface area contributed by atoms with Crippen LogP contribution in [0.3, 0.4) is 0 Å². The molecule has 1 amide bonds. The molecule has 1 N–H and O–H groups in total. The van der Waals surface area contributed by atoms with E-state index in [1.807, 2.05) is 56.3 Å². The molecule has 0 aliphatic rings. The van der Waals surface area contributed by atoms with Crippen LogP contribution in [0.25, 0.3) is 0 Å². The van der Waals surface area contributed by atoms with Crippen LogP contribution in [0.5, 0.6) is 0 Å². The van der Waals surface area contributed by atoms with Crippen LogP contribution in [-0.2, 0) is 19.6 Å². The minimum Gasteiger partial charge on any atom is -0.455 e. The third kappa shape index (κ3) is 6.03. The number of carbonyl (C=O) groups is 1. The van der Waals surface area contributed by atoms with Gasteiger partial charge in [0.05, 0.1) is 6.54 Å². The number of benzene rings is 2. The number of nitrogens with zero attached hydrogens (tertiary/aromatic N) is 1. The second kappa shape index (κ2) is 10.0. The van der Waals surface area contributed by atoms with Gasteiger partial charge in [-0.25, -0.2) is 4.39 Å². The Morgan fingerprint density at radius 1 is 1.00 bits per heavy atom. The zero-order valence-electron chi connectivity index (χ0n) is 16.9. The molecule has 2 aromatic carbocycles. The molecule has 5 heteroatoms. The fraction of sp³-hybridized carbons (Fsp3) is 0.292. The highest BCUT2D eigenvalue weighted by Gasteiger charge is 2.16. The van der Waals surface area contributed by atoms with Crippen molar-refractivity contribution in [3.05, 3.63) is 95.2 Å². The Bertz CT molecular complexity index is 923. The summed E-state index contributed by atoms with van der Waals surface area (Å²) in [5.74, 6) is 0.533. The maximum atomic E-state index is 14.2. The number of amides is 1. The van der Waals surface area contributed by atoms with Crippen LogP contribution in [0.2, 0.25) is 0 Å². The van der Waals surface area contributed by atoms with Crippen molar-refractivity contribution < 1.29 is 13.6 Å². The van der Waals surface area contributed by atoms with E-state index in [9.17, 15) is 9.18 Å². The summed E-state index contributed by atoms with van der Waals surface area (Å²) < 4.78 is 20.0. The summed E-state index contributed by atoms with van der Waals surface area (Å²) in [4.78, 5) is 14.4. The quantitative estimate of drug-likeness (QED) is 0.546. The maximum absolute atomic E-state index is 14.2. The number of furan rings is 1. The van der Waals surface area contributed by atoms with Crippen molar-refractivity contribution in [1.82, 2.24) is 10.2 Å². The summed E-state index contributed by atoms with van der Waals surface area (Å²) in [5.41, 5.74) is 1.76. The number of halogens is 1. The summed E-state index contributed by atoms with van der Waals surface area (Å²) in [7, 11) is 0. The first-order valence-corrected chi connectivity index (χ1v) is 9.94. The van der Waals surface area contributed by atoms with Crippen molar-refractivity contribution in [1.29, 1.82) is 0 Å². The van der Waals surface area contributed by atoms with Gasteiger partial charge in [-0.05, 0) is 37.1 Å². The lowest BCUT2D eigenvalue weighted by Crippen LogP contribution is -2.31. The van der Waals surface area contributed by atoms with Gasteiger partial charge in [0.25, 0.3) is 5.91 Å². The second-order valence-electron chi connectivity index (χ2n) is 7.27. The first kappa shape index (κ1) is 20.8. The normalized spacial score (nSPS) is 12.1. The standard InChI is InChI=1S/C24H27FN2O2/c1-3-18(2)26-24(28)23-14-13-21(29-23)17-27(15-19-9-5-4-6-10-19)16-20-11-7-8-12-22(20)25/h4-14,18H,3,15-17H2,1-2H3,(H,26,28)/t18-/m0/s1. The van der Waals surface area contributed by atoms with Gasteiger partial charge < -0.3 is 9.73 Å². The number of carbonyl (C=O) groups excluding carboxylic acids is 1. The highest BCUT2D eigenvalue weighted by Crippen LogP contribution is 2.18. The van der Waals surface area contributed by atoms with Gasteiger partial charge in [0.15, 0.2) is 5.76 Å². The first-order valence-electron chi connectivity index (χ1n) is 9.94. The van der Waals surface area contributed by atoms with Crippen LogP contribution in [0, 0.1) is 5.82 Å². The largest absolute Gasteiger partial charge is 0.455 e. The summed E-state index contributed by atoms with van der Waals surface area (Å²) in [5, 5.41) is 2.90. The zero-order chi connectivity index (χ0) is 20.6. The zero-order valence-corrected chi connectivity index (χ0v) is 16.9. The molecule has 4 nitrogen and oxygen atoms in total. The molecule has 0 aliphatic heterocycles. The Hall–Kier alpha value is -2.92. The van der Waals surface area contributed by atoms with Gasteiger partial charge in [-0.1, -0.05) is 55.5 Å². The summed E-state index contributed by atoms with van der Waals surface area (Å²) in [6, 6.07) is 20.4. The molecule has 1 heterocycles. The molecule has 29 heavy (non-hydrogen) atoms. The first-order chi connectivity index (χ1) is 14.0. The molecule has 0 unspecified atom stereocenters. The van der Waals surface area contributed by atoms with Crippen molar-refractivity contribution in [3.8, 4) is 0 Å². The molecule has 1 atom stereocenters. The topological polar surface area (TPSA) is 45.5 Å². The van der Waals surface area contributed by atoms with Gasteiger partial charge in [0.2, 0.25) is 0 Å². The molecule has 1 aromatic heterocycles. The van der Waals surface area contributed by atoms with Crippen LogP contribution in [0.4, 0.5) is 4.39 Å². The molecule has 152 valence electrons. The van der Waals surface area contributed by atoms with Crippen LogP contribution in [-0.4, -0.2) is 16.8 Å². The summed E-state index contributed by atoms with van der Waals surface area (Å²) in [6.45, 7) is 5.53. The van der Waals surface area contributed by atoms with E-state index in [1.54, 1.807) is 18.2 Å². The third-order valence-corrected chi connectivity index (χ3v) is 4.86. The Labute approximate surface area is 171 Å². The number of hydrogen-bond acceptors (Lipinski definition) is 3. The van der Waals surface area contributed by atoms with E-state index in [0.29, 0.717) is 36.7 Å².